The third-order valence-electron chi connectivity index (χ3n) is 5.16. The normalized spacial score (nSPS) is 47.6. The van der Waals surface area contributed by atoms with Gasteiger partial charge in [-0.15, -0.1) is 0 Å². The molecule has 0 saturated heterocycles. The molecule has 0 aromatic heterocycles. The Morgan fingerprint density at radius 3 is 2.38 bits per heavy atom. The lowest BCUT2D eigenvalue weighted by molar-refractivity contribution is -0.167. The maximum Gasteiger partial charge on any atom is 0.170 e. The second-order valence-electron chi connectivity index (χ2n) is 6.95. The molecule has 2 rings (SSSR count). The first kappa shape index (κ1) is 12.1. The van der Waals surface area contributed by atoms with Gasteiger partial charge in [0.15, 0.2) is 5.78 Å². The number of rotatable bonds is 0. The molecule has 16 heavy (non-hydrogen) atoms. The lowest BCUT2D eigenvalue weighted by Crippen LogP contribution is -2.58. The topological polar surface area (TPSA) is 37.3 Å². The summed E-state index contributed by atoms with van der Waals surface area (Å²) in [7, 11) is 0. The van der Waals surface area contributed by atoms with Gasteiger partial charge in [-0.3, -0.25) is 4.79 Å². The van der Waals surface area contributed by atoms with E-state index in [4.69, 9.17) is 0 Å². The van der Waals surface area contributed by atoms with Gasteiger partial charge in [0.05, 0.1) is 0 Å². The molecular formula is C14H24O2. The van der Waals surface area contributed by atoms with Crippen LogP contribution in [0.5, 0.6) is 0 Å². The van der Waals surface area contributed by atoms with E-state index >= 15 is 0 Å². The Morgan fingerprint density at radius 1 is 1.12 bits per heavy atom. The second-order valence-corrected chi connectivity index (χ2v) is 6.95. The van der Waals surface area contributed by atoms with Gasteiger partial charge >= 0.3 is 0 Å². The van der Waals surface area contributed by atoms with E-state index in [1.807, 2.05) is 0 Å². The van der Waals surface area contributed by atoms with Crippen molar-refractivity contribution >= 4 is 5.78 Å². The van der Waals surface area contributed by atoms with Crippen molar-refractivity contribution in [2.45, 2.75) is 65.4 Å². The minimum atomic E-state index is -1.08. The first-order chi connectivity index (χ1) is 7.20. The van der Waals surface area contributed by atoms with Crippen LogP contribution in [0, 0.1) is 16.7 Å². The molecule has 2 nitrogen and oxygen atoms in total. The Kier molecular flexibility index (Phi) is 2.51. The quantitative estimate of drug-likeness (QED) is 0.687. The molecule has 0 spiro atoms. The Labute approximate surface area is 98.4 Å². The summed E-state index contributed by atoms with van der Waals surface area (Å²) in [6.07, 6.45) is 4.90. The van der Waals surface area contributed by atoms with E-state index in [0.717, 1.165) is 19.3 Å². The number of ketones is 1. The largest absolute Gasteiger partial charge is 0.382 e. The van der Waals surface area contributed by atoms with Crippen LogP contribution in [-0.4, -0.2) is 16.5 Å². The van der Waals surface area contributed by atoms with Crippen LogP contribution < -0.4 is 0 Å². The SMILES string of the molecule is CC1(C)CCC[C@]2(C)C(=O)[C@](C)(O)CC[C@@H]12. The van der Waals surface area contributed by atoms with Gasteiger partial charge in [-0.05, 0) is 43.9 Å². The fourth-order valence-corrected chi connectivity index (χ4v) is 4.26. The second kappa shape index (κ2) is 3.32. The van der Waals surface area contributed by atoms with Gasteiger partial charge in [0, 0.05) is 5.41 Å². The minimum Gasteiger partial charge on any atom is -0.382 e. The summed E-state index contributed by atoms with van der Waals surface area (Å²) in [6.45, 7) is 8.33. The van der Waals surface area contributed by atoms with Crippen LogP contribution in [0.2, 0.25) is 0 Å². The molecule has 0 heterocycles. The Morgan fingerprint density at radius 2 is 1.75 bits per heavy atom. The molecule has 0 radical (unpaired) electrons. The van der Waals surface area contributed by atoms with E-state index in [-0.39, 0.29) is 16.6 Å². The molecule has 0 aliphatic heterocycles. The molecule has 0 aromatic rings. The zero-order valence-electron chi connectivity index (χ0n) is 11.0. The summed E-state index contributed by atoms with van der Waals surface area (Å²) in [4.78, 5) is 12.4. The van der Waals surface area contributed by atoms with Crippen LogP contribution in [0.15, 0.2) is 0 Å². The maximum absolute atomic E-state index is 12.4. The summed E-state index contributed by atoms with van der Waals surface area (Å²) < 4.78 is 0. The molecule has 2 fully saturated rings. The third-order valence-corrected chi connectivity index (χ3v) is 5.16. The number of hydrogen-bond donors (Lipinski definition) is 1. The summed E-state index contributed by atoms with van der Waals surface area (Å²) in [6, 6.07) is 0. The van der Waals surface area contributed by atoms with Crippen LogP contribution in [0.25, 0.3) is 0 Å². The van der Waals surface area contributed by atoms with Crippen molar-refractivity contribution in [3.05, 3.63) is 0 Å². The summed E-state index contributed by atoms with van der Waals surface area (Å²) in [5.41, 5.74) is -1.12. The summed E-state index contributed by atoms with van der Waals surface area (Å²) in [5.74, 6) is 0.533. The standard InChI is InChI=1S/C14H24O2/c1-12(2)7-5-8-13(3)10(12)6-9-14(4,16)11(13)15/h10,16H,5-9H2,1-4H3/t10-,13-,14+/m0/s1. The fraction of sp³-hybridized carbons (Fsp3) is 0.929. The zero-order valence-corrected chi connectivity index (χ0v) is 11.0. The highest BCUT2D eigenvalue weighted by Gasteiger charge is 2.57. The number of carbonyl (C=O) groups excluding carboxylic acids is 1. The van der Waals surface area contributed by atoms with Crippen molar-refractivity contribution in [2.75, 3.05) is 0 Å². The summed E-state index contributed by atoms with van der Waals surface area (Å²) in [5, 5.41) is 10.2. The smallest absolute Gasteiger partial charge is 0.170 e. The lowest BCUT2D eigenvalue weighted by Gasteiger charge is -2.55. The van der Waals surface area contributed by atoms with E-state index in [0.29, 0.717) is 12.3 Å². The van der Waals surface area contributed by atoms with Gasteiger partial charge in [-0.1, -0.05) is 27.2 Å². The van der Waals surface area contributed by atoms with E-state index in [1.165, 1.54) is 6.42 Å². The maximum atomic E-state index is 12.4. The molecule has 3 atom stereocenters. The van der Waals surface area contributed by atoms with Gasteiger partial charge in [0.1, 0.15) is 5.60 Å². The molecule has 2 aliphatic carbocycles. The highest BCUT2D eigenvalue weighted by atomic mass is 16.3. The molecule has 92 valence electrons. The molecule has 0 unspecified atom stereocenters. The van der Waals surface area contributed by atoms with E-state index in [9.17, 15) is 9.90 Å². The first-order valence-corrected chi connectivity index (χ1v) is 6.47. The summed E-state index contributed by atoms with van der Waals surface area (Å²) >= 11 is 0. The highest BCUT2D eigenvalue weighted by molar-refractivity contribution is 5.93. The Hall–Kier alpha value is -0.370. The van der Waals surface area contributed by atoms with E-state index in [1.54, 1.807) is 6.92 Å². The molecule has 2 saturated carbocycles. The van der Waals surface area contributed by atoms with Crippen LogP contribution in [-0.2, 0) is 4.79 Å². The minimum absolute atomic E-state index is 0.0871. The molecule has 0 amide bonds. The van der Waals surface area contributed by atoms with Gasteiger partial charge in [0.25, 0.3) is 0 Å². The monoisotopic (exact) mass is 224 g/mol. The van der Waals surface area contributed by atoms with E-state index < -0.39 is 5.60 Å². The van der Waals surface area contributed by atoms with Gasteiger partial charge in [0.2, 0.25) is 0 Å². The average Bonchev–Trinajstić information content (AvgIpc) is 2.12. The number of fused-ring (bicyclic) bond motifs is 1. The Bertz CT molecular complexity index is 317. The van der Waals surface area contributed by atoms with Crippen molar-refractivity contribution in [1.29, 1.82) is 0 Å². The van der Waals surface area contributed by atoms with Crippen LogP contribution in [0.3, 0.4) is 0 Å². The number of hydrogen-bond acceptors (Lipinski definition) is 2. The molecule has 1 N–H and O–H groups in total. The lowest BCUT2D eigenvalue weighted by atomic mass is 9.49. The number of carbonyl (C=O) groups is 1. The Balaban J connectivity index is 2.38. The van der Waals surface area contributed by atoms with Crippen molar-refractivity contribution in [3.8, 4) is 0 Å². The van der Waals surface area contributed by atoms with Crippen LogP contribution in [0.4, 0.5) is 0 Å². The predicted octanol–water partition coefficient (Wildman–Crippen LogP) is 2.93. The molecule has 2 aliphatic rings. The van der Waals surface area contributed by atoms with Gasteiger partial charge in [-0.25, -0.2) is 0 Å². The predicted molar refractivity (Wildman–Crippen MR) is 64.1 cm³/mol. The van der Waals surface area contributed by atoms with Crippen LogP contribution in [0.1, 0.15) is 59.8 Å². The van der Waals surface area contributed by atoms with Crippen LogP contribution >= 0.6 is 0 Å². The molecule has 2 heteroatoms. The highest BCUT2D eigenvalue weighted by Crippen LogP contribution is 2.57. The molecule has 0 bridgehead atoms. The average molecular weight is 224 g/mol. The van der Waals surface area contributed by atoms with Gasteiger partial charge in [-0.2, -0.15) is 0 Å². The van der Waals surface area contributed by atoms with Crippen molar-refractivity contribution in [1.82, 2.24) is 0 Å². The molecular weight excluding hydrogens is 200 g/mol. The van der Waals surface area contributed by atoms with E-state index in [2.05, 4.69) is 20.8 Å². The third kappa shape index (κ3) is 1.54. The zero-order chi connectivity index (χ0) is 12.2. The van der Waals surface area contributed by atoms with Crippen molar-refractivity contribution < 1.29 is 9.90 Å². The number of aliphatic hydroxyl groups is 1. The number of Topliss-reactive ketones (excluding diaryl/α,β-unsaturated/α-hetero) is 1. The fourth-order valence-electron chi connectivity index (χ4n) is 4.26. The molecule has 0 aromatic carbocycles. The van der Waals surface area contributed by atoms with Crippen molar-refractivity contribution in [2.24, 2.45) is 16.7 Å². The van der Waals surface area contributed by atoms with Gasteiger partial charge < -0.3 is 5.11 Å². The van der Waals surface area contributed by atoms with Crippen molar-refractivity contribution in [3.63, 3.8) is 0 Å². The first-order valence-electron chi connectivity index (χ1n) is 6.47.